The van der Waals surface area contributed by atoms with Crippen molar-refractivity contribution in [1.29, 1.82) is 10.5 Å². The molecule has 1 rings (SSSR count). The van der Waals surface area contributed by atoms with Crippen molar-refractivity contribution in [3.63, 3.8) is 0 Å². The van der Waals surface area contributed by atoms with Gasteiger partial charge < -0.3 is 9.47 Å². The third-order valence-electron chi connectivity index (χ3n) is 2.08. The maximum Gasteiger partial charge on any atom is 0.292 e. The first kappa shape index (κ1) is 11.9. The van der Waals surface area contributed by atoms with Crippen LogP contribution in [0.2, 0.25) is 0 Å². The molecule has 0 saturated carbocycles. The van der Waals surface area contributed by atoms with Crippen LogP contribution in [0.5, 0.6) is 11.5 Å². The van der Waals surface area contributed by atoms with Crippen LogP contribution in [0.25, 0.3) is 0 Å². The van der Waals surface area contributed by atoms with Crippen molar-refractivity contribution in [2.75, 3.05) is 0 Å². The molecular formula is C12H12N2O2. The Morgan fingerprint density at radius 3 is 2.19 bits per heavy atom. The summed E-state index contributed by atoms with van der Waals surface area (Å²) in [5.41, 5.74) is 0.628. The van der Waals surface area contributed by atoms with Gasteiger partial charge in [0.2, 0.25) is 0 Å². The van der Waals surface area contributed by atoms with Gasteiger partial charge in [0, 0.05) is 5.56 Å². The SMILES string of the molecule is CC(C)(C)c1cc(OC#N)ccc1OC#N. The highest BCUT2D eigenvalue weighted by Crippen LogP contribution is 2.34. The minimum Gasteiger partial charge on any atom is -0.388 e. The number of benzene rings is 1. The summed E-state index contributed by atoms with van der Waals surface area (Å²) >= 11 is 0. The van der Waals surface area contributed by atoms with Gasteiger partial charge >= 0.3 is 0 Å². The first-order valence-corrected chi connectivity index (χ1v) is 4.75. The molecule has 4 heteroatoms. The topological polar surface area (TPSA) is 66.0 Å². The van der Waals surface area contributed by atoms with E-state index in [1.54, 1.807) is 30.7 Å². The van der Waals surface area contributed by atoms with Crippen molar-refractivity contribution < 1.29 is 9.47 Å². The van der Waals surface area contributed by atoms with E-state index >= 15 is 0 Å². The van der Waals surface area contributed by atoms with Crippen molar-refractivity contribution in [2.24, 2.45) is 0 Å². The quantitative estimate of drug-likeness (QED) is 0.713. The summed E-state index contributed by atoms with van der Waals surface area (Å²) in [4.78, 5) is 0. The molecule has 0 heterocycles. The smallest absolute Gasteiger partial charge is 0.292 e. The highest BCUT2D eigenvalue weighted by Gasteiger charge is 2.20. The lowest BCUT2D eigenvalue weighted by atomic mass is 9.86. The lowest BCUT2D eigenvalue weighted by Gasteiger charge is -2.21. The molecule has 1 aromatic rings. The molecule has 0 saturated heterocycles. The van der Waals surface area contributed by atoms with E-state index in [0.29, 0.717) is 11.5 Å². The molecule has 0 atom stereocenters. The fourth-order valence-electron chi connectivity index (χ4n) is 1.35. The number of rotatable bonds is 2. The average molecular weight is 216 g/mol. The number of hydrogen-bond donors (Lipinski definition) is 0. The molecule has 0 fully saturated rings. The van der Waals surface area contributed by atoms with Crippen molar-refractivity contribution in [1.82, 2.24) is 0 Å². The molecule has 0 N–H and O–H groups in total. The van der Waals surface area contributed by atoms with Gasteiger partial charge in [-0.15, -0.1) is 10.5 Å². The third kappa shape index (κ3) is 2.65. The summed E-state index contributed by atoms with van der Waals surface area (Å²) in [6.07, 6.45) is 3.25. The summed E-state index contributed by atoms with van der Waals surface area (Å²) in [7, 11) is 0. The molecule has 0 amide bonds. The Hall–Kier alpha value is -2.20. The van der Waals surface area contributed by atoms with Crippen LogP contribution in [0.15, 0.2) is 18.2 Å². The lowest BCUT2D eigenvalue weighted by molar-refractivity contribution is 0.464. The normalized spacial score (nSPS) is 10.1. The summed E-state index contributed by atoms with van der Waals surface area (Å²) in [6, 6.07) is 4.91. The Kier molecular flexibility index (Phi) is 3.37. The Morgan fingerprint density at radius 2 is 1.69 bits per heavy atom. The van der Waals surface area contributed by atoms with E-state index < -0.39 is 0 Å². The maximum atomic E-state index is 8.53. The van der Waals surface area contributed by atoms with Gasteiger partial charge in [0.25, 0.3) is 12.5 Å². The van der Waals surface area contributed by atoms with Crippen LogP contribution in [0.3, 0.4) is 0 Å². The van der Waals surface area contributed by atoms with Gasteiger partial charge in [-0.1, -0.05) is 20.8 Å². The monoisotopic (exact) mass is 216 g/mol. The van der Waals surface area contributed by atoms with Gasteiger partial charge in [0.15, 0.2) is 0 Å². The van der Waals surface area contributed by atoms with Crippen molar-refractivity contribution in [3.05, 3.63) is 23.8 Å². The zero-order chi connectivity index (χ0) is 12.2. The Balaban J connectivity index is 3.24. The molecule has 4 nitrogen and oxygen atoms in total. The Bertz CT molecular complexity index is 461. The van der Waals surface area contributed by atoms with E-state index in [-0.39, 0.29) is 5.41 Å². The average Bonchev–Trinajstić information content (AvgIpc) is 2.19. The third-order valence-corrected chi connectivity index (χ3v) is 2.08. The number of ether oxygens (including phenoxy) is 2. The highest BCUT2D eigenvalue weighted by molar-refractivity contribution is 5.44. The second-order valence-electron chi connectivity index (χ2n) is 4.29. The standard InChI is InChI=1S/C12H12N2O2/c1-12(2,3)10-6-9(15-7-13)4-5-11(10)16-8-14/h4-6H,1-3H3. The molecule has 1 aromatic carbocycles. The second-order valence-corrected chi connectivity index (χ2v) is 4.29. The number of nitrogens with zero attached hydrogens (tertiary/aromatic N) is 2. The molecule has 0 aliphatic heterocycles. The first-order valence-electron chi connectivity index (χ1n) is 4.75. The van der Waals surface area contributed by atoms with Crippen LogP contribution in [0.4, 0.5) is 0 Å². The summed E-state index contributed by atoms with van der Waals surface area (Å²) in [6.45, 7) is 5.97. The Labute approximate surface area is 94.6 Å². The molecule has 0 radical (unpaired) electrons. The van der Waals surface area contributed by atoms with Crippen molar-refractivity contribution in [2.45, 2.75) is 26.2 Å². The van der Waals surface area contributed by atoms with Crippen LogP contribution >= 0.6 is 0 Å². The first-order chi connectivity index (χ1) is 7.49. The van der Waals surface area contributed by atoms with Crippen LogP contribution in [-0.2, 0) is 5.41 Å². The van der Waals surface area contributed by atoms with Crippen molar-refractivity contribution in [3.8, 4) is 24.0 Å². The molecule has 0 unspecified atom stereocenters. The lowest BCUT2D eigenvalue weighted by Crippen LogP contribution is -2.12. The maximum absolute atomic E-state index is 8.53. The zero-order valence-electron chi connectivity index (χ0n) is 9.44. The zero-order valence-corrected chi connectivity index (χ0v) is 9.44. The van der Waals surface area contributed by atoms with Gasteiger partial charge in [0.1, 0.15) is 11.5 Å². The molecule has 0 aliphatic rings. The molecule has 0 bridgehead atoms. The summed E-state index contributed by atoms with van der Waals surface area (Å²) in [5, 5.41) is 17.0. The van der Waals surface area contributed by atoms with E-state index in [2.05, 4.69) is 0 Å². The van der Waals surface area contributed by atoms with Gasteiger partial charge in [-0.2, -0.15) is 0 Å². The predicted molar refractivity (Wildman–Crippen MR) is 57.6 cm³/mol. The van der Waals surface area contributed by atoms with E-state index in [4.69, 9.17) is 20.0 Å². The van der Waals surface area contributed by atoms with Gasteiger partial charge in [-0.05, 0) is 23.6 Å². The molecule has 0 aliphatic carbocycles. The second kappa shape index (κ2) is 4.55. The fourth-order valence-corrected chi connectivity index (χ4v) is 1.35. The van der Waals surface area contributed by atoms with E-state index in [1.807, 2.05) is 20.8 Å². The van der Waals surface area contributed by atoms with E-state index in [9.17, 15) is 0 Å². The minimum atomic E-state index is -0.193. The van der Waals surface area contributed by atoms with E-state index in [1.165, 1.54) is 0 Å². The number of nitriles is 2. The number of hydrogen-bond acceptors (Lipinski definition) is 4. The van der Waals surface area contributed by atoms with Gasteiger partial charge in [-0.25, -0.2) is 0 Å². The van der Waals surface area contributed by atoms with Crippen LogP contribution < -0.4 is 9.47 Å². The fraction of sp³-hybridized carbons (Fsp3) is 0.333. The van der Waals surface area contributed by atoms with Gasteiger partial charge in [-0.3, -0.25) is 0 Å². The molecule has 0 aromatic heterocycles. The van der Waals surface area contributed by atoms with E-state index in [0.717, 1.165) is 5.56 Å². The summed E-state index contributed by atoms with van der Waals surface area (Å²) in [5.74, 6) is 0.929. The van der Waals surface area contributed by atoms with Crippen LogP contribution in [-0.4, -0.2) is 0 Å². The molecule has 82 valence electrons. The van der Waals surface area contributed by atoms with Gasteiger partial charge in [0.05, 0.1) is 0 Å². The van der Waals surface area contributed by atoms with Crippen LogP contribution in [0, 0.1) is 23.0 Å². The molecular weight excluding hydrogens is 204 g/mol. The van der Waals surface area contributed by atoms with Crippen LogP contribution in [0.1, 0.15) is 26.3 Å². The summed E-state index contributed by atoms with van der Waals surface area (Å²) < 4.78 is 9.61. The largest absolute Gasteiger partial charge is 0.388 e. The minimum absolute atomic E-state index is 0.193. The molecule has 16 heavy (non-hydrogen) atoms. The highest BCUT2D eigenvalue weighted by atomic mass is 16.5. The Morgan fingerprint density at radius 1 is 1.06 bits per heavy atom. The molecule has 0 spiro atoms. The predicted octanol–water partition coefficient (Wildman–Crippen LogP) is 2.70. The van der Waals surface area contributed by atoms with Crippen molar-refractivity contribution >= 4 is 0 Å².